The lowest BCUT2D eigenvalue weighted by molar-refractivity contribution is 0.336. The highest BCUT2D eigenvalue weighted by atomic mass is 14.9. The molecule has 1 aromatic heterocycles. The monoisotopic (exact) mass is 220 g/mol. The Labute approximate surface area is 99.5 Å². The molecule has 0 fully saturated rings. The molecule has 0 aliphatic carbocycles. The summed E-state index contributed by atoms with van der Waals surface area (Å²) in [7, 11) is 0. The van der Waals surface area contributed by atoms with Crippen molar-refractivity contribution >= 4 is 0 Å². The summed E-state index contributed by atoms with van der Waals surface area (Å²) in [6.07, 6.45) is 6.18. The van der Waals surface area contributed by atoms with Gasteiger partial charge in [-0.25, -0.2) is 0 Å². The molecule has 0 aromatic carbocycles. The van der Waals surface area contributed by atoms with Crippen LogP contribution in [-0.2, 0) is 6.54 Å². The van der Waals surface area contributed by atoms with Gasteiger partial charge in [0.2, 0.25) is 0 Å². The molecule has 0 aliphatic rings. The molecule has 2 nitrogen and oxygen atoms in total. The third-order valence-electron chi connectivity index (χ3n) is 2.73. The molecule has 0 radical (unpaired) electrons. The van der Waals surface area contributed by atoms with Gasteiger partial charge in [-0.3, -0.25) is 4.98 Å². The van der Waals surface area contributed by atoms with Crippen molar-refractivity contribution in [3.63, 3.8) is 0 Å². The van der Waals surface area contributed by atoms with Crippen LogP contribution < -0.4 is 5.32 Å². The Bertz CT molecular complexity index is 287. The highest BCUT2D eigenvalue weighted by molar-refractivity contribution is 5.09. The van der Waals surface area contributed by atoms with Gasteiger partial charge < -0.3 is 5.32 Å². The lowest BCUT2D eigenvalue weighted by atomic mass is 9.89. The quantitative estimate of drug-likeness (QED) is 0.822. The minimum Gasteiger partial charge on any atom is -0.310 e. The average Bonchev–Trinajstić information content (AvgIpc) is 2.24. The normalized spacial score (nSPS) is 13.8. The minimum atomic E-state index is 0.437. The van der Waals surface area contributed by atoms with Crippen LogP contribution in [-0.4, -0.2) is 11.0 Å². The zero-order chi connectivity index (χ0) is 12.0. The summed E-state index contributed by atoms with van der Waals surface area (Å²) < 4.78 is 0. The number of nitrogens with one attached hydrogen (secondary N) is 1. The van der Waals surface area contributed by atoms with Crippen molar-refractivity contribution in [2.45, 2.75) is 53.1 Å². The molecule has 0 bridgehead atoms. The first-order chi connectivity index (χ1) is 7.47. The van der Waals surface area contributed by atoms with Crippen LogP contribution in [0.5, 0.6) is 0 Å². The molecular formula is C14H24N2. The van der Waals surface area contributed by atoms with Gasteiger partial charge in [-0.1, -0.05) is 20.8 Å². The Morgan fingerprint density at radius 2 is 1.88 bits per heavy atom. The van der Waals surface area contributed by atoms with E-state index in [1.54, 1.807) is 0 Å². The third kappa shape index (κ3) is 5.86. The summed E-state index contributed by atoms with van der Waals surface area (Å²) in [5.41, 5.74) is 1.74. The fourth-order valence-corrected chi connectivity index (χ4v) is 1.54. The maximum atomic E-state index is 4.01. The van der Waals surface area contributed by atoms with Crippen LogP contribution in [0.25, 0.3) is 0 Å². The van der Waals surface area contributed by atoms with Gasteiger partial charge in [0.25, 0.3) is 0 Å². The first-order valence-corrected chi connectivity index (χ1v) is 6.10. The van der Waals surface area contributed by atoms with E-state index in [4.69, 9.17) is 0 Å². The molecule has 0 spiro atoms. The Hall–Kier alpha value is -0.890. The maximum absolute atomic E-state index is 4.01. The Morgan fingerprint density at radius 1 is 1.25 bits per heavy atom. The number of hydrogen-bond donors (Lipinski definition) is 1. The van der Waals surface area contributed by atoms with Crippen LogP contribution in [0.1, 0.15) is 46.1 Å². The average molecular weight is 220 g/mol. The Morgan fingerprint density at radius 3 is 2.44 bits per heavy atom. The van der Waals surface area contributed by atoms with E-state index in [-0.39, 0.29) is 0 Å². The van der Waals surface area contributed by atoms with E-state index < -0.39 is 0 Å². The van der Waals surface area contributed by atoms with Crippen molar-refractivity contribution in [2.24, 2.45) is 5.41 Å². The van der Waals surface area contributed by atoms with E-state index in [9.17, 15) is 0 Å². The van der Waals surface area contributed by atoms with Crippen molar-refractivity contribution in [3.05, 3.63) is 30.1 Å². The number of hydrogen-bond acceptors (Lipinski definition) is 2. The predicted octanol–water partition coefficient (Wildman–Crippen LogP) is 3.39. The second-order valence-electron chi connectivity index (χ2n) is 5.74. The van der Waals surface area contributed by atoms with Crippen molar-refractivity contribution in [1.29, 1.82) is 0 Å². The molecule has 1 N–H and O–H groups in total. The van der Waals surface area contributed by atoms with E-state index >= 15 is 0 Å². The number of nitrogens with zero attached hydrogens (tertiary/aromatic N) is 1. The largest absolute Gasteiger partial charge is 0.310 e. The Balaban J connectivity index is 2.23. The fourth-order valence-electron chi connectivity index (χ4n) is 1.54. The molecule has 1 unspecified atom stereocenters. The number of rotatable bonds is 5. The van der Waals surface area contributed by atoms with E-state index in [1.165, 1.54) is 18.4 Å². The molecule has 0 saturated carbocycles. The zero-order valence-corrected chi connectivity index (χ0v) is 11.0. The van der Waals surface area contributed by atoms with Crippen molar-refractivity contribution in [2.75, 3.05) is 0 Å². The van der Waals surface area contributed by atoms with Crippen LogP contribution in [0, 0.1) is 5.41 Å². The zero-order valence-electron chi connectivity index (χ0n) is 11.0. The first-order valence-electron chi connectivity index (χ1n) is 6.10. The second kappa shape index (κ2) is 6.00. The summed E-state index contributed by atoms with van der Waals surface area (Å²) in [6.45, 7) is 10.1. The van der Waals surface area contributed by atoms with E-state index in [1.807, 2.05) is 12.4 Å². The molecule has 16 heavy (non-hydrogen) atoms. The molecule has 0 saturated heterocycles. The molecule has 0 amide bonds. The van der Waals surface area contributed by atoms with Crippen LogP contribution in [0.4, 0.5) is 0 Å². The summed E-state index contributed by atoms with van der Waals surface area (Å²) in [5, 5.41) is 3.54. The van der Waals surface area contributed by atoms with E-state index in [0.717, 1.165) is 6.54 Å². The van der Waals surface area contributed by atoms with Gasteiger partial charge in [0.15, 0.2) is 0 Å². The fraction of sp³-hybridized carbons (Fsp3) is 0.643. The van der Waals surface area contributed by atoms with Gasteiger partial charge in [-0.15, -0.1) is 0 Å². The third-order valence-corrected chi connectivity index (χ3v) is 2.73. The second-order valence-corrected chi connectivity index (χ2v) is 5.74. The molecule has 90 valence electrons. The van der Waals surface area contributed by atoms with Crippen LogP contribution >= 0.6 is 0 Å². The minimum absolute atomic E-state index is 0.437. The molecule has 2 heteroatoms. The van der Waals surface area contributed by atoms with E-state index in [2.05, 4.69) is 50.1 Å². The van der Waals surface area contributed by atoms with Gasteiger partial charge in [-0.2, -0.15) is 0 Å². The molecule has 1 rings (SSSR count). The van der Waals surface area contributed by atoms with Crippen molar-refractivity contribution < 1.29 is 0 Å². The summed E-state index contributed by atoms with van der Waals surface area (Å²) in [6, 6.07) is 4.69. The van der Waals surface area contributed by atoms with Gasteiger partial charge >= 0.3 is 0 Å². The SMILES string of the molecule is CC(CCC(C)(C)C)NCc1ccncc1. The van der Waals surface area contributed by atoms with Gasteiger partial charge in [-0.05, 0) is 42.9 Å². The standard InChI is InChI=1S/C14H24N2/c1-12(5-8-14(2,3)4)16-11-13-6-9-15-10-7-13/h6-7,9-10,12,16H,5,8,11H2,1-4H3. The molecule has 1 heterocycles. The molecular weight excluding hydrogens is 196 g/mol. The summed E-state index contributed by atoms with van der Waals surface area (Å²) >= 11 is 0. The van der Waals surface area contributed by atoms with Crippen LogP contribution in [0.3, 0.4) is 0 Å². The van der Waals surface area contributed by atoms with Crippen LogP contribution in [0.15, 0.2) is 24.5 Å². The van der Waals surface area contributed by atoms with Crippen molar-refractivity contribution in [1.82, 2.24) is 10.3 Å². The summed E-state index contributed by atoms with van der Waals surface area (Å²) in [4.78, 5) is 4.01. The highest BCUT2D eigenvalue weighted by Gasteiger charge is 2.11. The first kappa shape index (κ1) is 13.2. The maximum Gasteiger partial charge on any atom is 0.0271 e. The smallest absolute Gasteiger partial charge is 0.0271 e. The Kier molecular flexibility index (Phi) is 4.94. The van der Waals surface area contributed by atoms with Crippen LogP contribution in [0.2, 0.25) is 0 Å². The van der Waals surface area contributed by atoms with Gasteiger partial charge in [0.1, 0.15) is 0 Å². The number of pyridine rings is 1. The van der Waals surface area contributed by atoms with E-state index in [0.29, 0.717) is 11.5 Å². The van der Waals surface area contributed by atoms with Crippen molar-refractivity contribution in [3.8, 4) is 0 Å². The molecule has 0 aliphatic heterocycles. The number of aromatic nitrogens is 1. The summed E-state index contributed by atoms with van der Waals surface area (Å²) in [5.74, 6) is 0. The molecule has 1 atom stereocenters. The lowest BCUT2D eigenvalue weighted by Gasteiger charge is -2.21. The van der Waals surface area contributed by atoms with Gasteiger partial charge in [0.05, 0.1) is 0 Å². The predicted molar refractivity (Wildman–Crippen MR) is 69.2 cm³/mol. The topological polar surface area (TPSA) is 24.9 Å². The highest BCUT2D eigenvalue weighted by Crippen LogP contribution is 2.21. The van der Waals surface area contributed by atoms with Gasteiger partial charge in [0, 0.05) is 25.0 Å². The lowest BCUT2D eigenvalue weighted by Crippen LogP contribution is -2.26. The molecule has 1 aromatic rings.